The summed E-state index contributed by atoms with van der Waals surface area (Å²) in [4.78, 5) is 21.2. The molecule has 4 bridgehead atoms. The molecule has 4 aliphatic carbocycles. The molecule has 1 aromatic heterocycles. The van der Waals surface area contributed by atoms with Gasteiger partial charge in [-0.15, -0.1) is 0 Å². The Labute approximate surface area is 207 Å². The van der Waals surface area contributed by atoms with Crippen LogP contribution >= 0.6 is 11.6 Å². The monoisotopic (exact) mass is 479 g/mol. The van der Waals surface area contributed by atoms with Gasteiger partial charge in [-0.25, -0.2) is 9.78 Å². The summed E-state index contributed by atoms with van der Waals surface area (Å²) in [6, 6.07) is 10.5. The molecule has 0 unspecified atom stereocenters. The summed E-state index contributed by atoms with van der Waals surface area (Å²) in [6.45, 7) is 4.32. The van der Waals surface area contributed by atoms with Crippen molar-refractivity contribution in [2.75, 3.05) is 38.2 Å². The molecule has 1 aliphatic heterocycles. The Kier molecular flexibility index (Phi) is 5.81. The molecule has 0 atom stereocenters. The van der Waals surface area contributed by atoms with E-state index in [0.29, 0.717) is 16.8 Å². The third-order valence-corrected chi connectivity index (χ3v) is 9.31. The van der Waals surface area contributed by atoms with Crippen molar-refractivity contribution in [3.8, 4) is 0 Å². The second-order valence-electron chi connectivity index (χ2n) is 11.1. The molecule has 34 heavy (non-hydrogen) atoms. The topological polar surface area (TPSA) is 45.7 Å². The van der Waals surface area contributed by atoms with Crippen LogP contribution in [0.3, 0.4) is 0 Å². The van der Waals surface area contributed by atoms with E-state index in [2.05, 4.69) is 33.0 Å². The van der Waals surface area contributed by atoms with Gasteiger partial charge >= 0.3 is 5.97 Å². The zero-order valence-corrected chi connectivity index (χ0v) is 20.8. The molecular weight excluding hydrogens is 446 g/mol. The summed E-state index contributed by atoms with van der Waals surface area (Å²) in [5.74, 6) is 3.21. The van der Waals surface area contributed by atoms with Crippen molar-refractivity contribution >= 4 is 23.4 Å². The number of methoxy groups -OCH3 is 1. The summed E-state index contributed by atoms with van der Waals surface area (Å²) in [6.07, 6.45) is 10.3. The van der Waals surface area contributed by atoms with Crippen LogP contribution in [0.2, 0.25) is 5.02 Å². The lowest BCUT2D eigenvalue weighted by Crippen LogP contribution is -2.48. The number of anilines is 1. The lowest BCUT2D eigenvalue weighted by atomic mass is 9.48. The zero-order chi connectivity index (χ0) is 23.3. The SMILES string of the molecule is COC(=O)c1cccnc1N1CCN(Cc2ccc(C34CC5CC(CC(C5)C3)C4)cc2Cl)CC1. The van der Waals surface area contributed by atoms with Gasteiger partial charge in [-0.05, 0) is 91.0 Å². The number of carbonyl (C=O) groups is 1. The van der Waals surface area contributed by atoms with Gasteiger partial charge in [0.15, 0.2) is 0 Å². The number of hydrogen-bond donors (Lipinski definition) is 0. The molecule has 4 saturated carbocycles. The summed E-state index contributed by atoms with van der Waals surface area (Å²) < 4.78 is 4.94. The molecule has 5 aliphatic rings. The van der Waals surface area contributed by atoms with Crippen molar-refractivity contribution in [3.05, 3.63) is 58.2 Å². The summed E-state index contributed by atoms with van der Waals surface area (Å²) in [5, 5.41) is 0.924. The van der Waals surface area contributed by atoms with Crippen molar-refractivity contribution in [2.45, 2.75) is 50.5 Å². The van der Waals surface area contributed by atoms with Crippen molar-refractivity contribution in [3.63, 3.8) is 0 Å². The second kappa shape index (κ2) is 8.83. The van der Waals surface area contributed by atoms with E-state index in [4.69, 9.17) is 16.3 Å². The van der Waals surface area contributed by atoms with Crippen LogP contribution in [0.4, 0.5) is 5.82 Å². The standard InChI is InChI=1S/C28H34ClN3O2/c1-34-27(33)24-3-2-6-30-26(24)32-9-7-31(8-10-32)18-22-4-5-23(14-25(22)29)28-15-19-11-20(16-28)13-21(12-19)17-28/h2-6,14,19-21H,7-13,15-18H2,1H3. The molecule has 2 aromatic rings. The fourth-order valence-corrected chi connectivity index (χ4v) is 7.99. The molecule has 0 spiro atoms. The average molecular weight is 480 g/mol. The first-order valence-electron chi connectivity index (χ1n) is 12.8. The average Bonchev–Trinajstić information content (AvgIpc) is 2.84. The van der Waals surface area contributed by atoms with E-state index >= 15 is 0 Å². The van der Waals surface area contributed by atoms with E-state index in [-0.39, 0.29) is 5.97 Å². The largest absolute Gasteiger partial charge is 0.465 e. The van der Waals surface area contributed by atoms with Crippen LogP contribution in [0.25, 0.3) is 0 Å². The number of ether oxygens (including phenoxy) is 1. The molecule has 5 nitrogen and oxygen atoms in total. The van der Waals surface area contributed by atoms with Crippen LogP contribution in [0.15, 0.2) is 36.5 Å². The van der Waals surface area contributed by atoms with Crippen molar-refractivity contribution in [2.24, 2.45) is 17.8 Å². The lowest BCUT2D eigenvalue weighted by Gasteiger charge is -2.57. The quantitative estimate of drug-likeness (QED) is 0.544. The predicted octanol–water partition coefficient (Wildman–Crippen LogP) is 5.31. The zero-order valence-electron chi connectivity index (χ0n) is 20.0. The number of hydrogen-bond acceptors (Lipinski definition) is 5. The molecule has 180 valence electrons. The van der Waals surface area contributed by atoms with Crippen LogP contribution in [0.5, 0.6) is 0 Å². The van der Waals surface area contributed by atoms with Crippen molar-refractivity contribution < 1.29 is 9.53 Å². The Hall–Kier alpha value is -2.11. The Balaban J connectivity index is 1.12. The minimum atomic E-state index is -0.337. The maximum absolute atomic E-state index is 12.1. The highest BCUT2D eigenvalue weighted by molar-refractivity contribution is 6.31. The number of carbonyl (C=O) groups excluding carboxylic acids is 1. The Bertz CT molecular complexity index is 1040. The van der Waals surface area contributed by atoms with Gasteiger partial charge in [-0.1, -0.05) is 23.7 Å². The van der Waals surface area contributed by atoms with Gasteiger partial charge in [0.25, 0.3) is 0 Å². The minimum absolute atomic E-state index is 0.337. The number of piperazine rings is 1. The van der Waals surface area contributed by atoms with Crippen LogP contribution in [-0.4, -0.2) is 49.1 Å². The maximum atomic E-state index is 12.1. The number of benzene rings is 1. The number of rotatable bonds is 5. The van der Waals surface area contributed by atoms with Gasteiger partial charge in [-0.3, -0.25) is 4.90 Å². The molecule has 7 rings (SSSR count). The molecule has 1 aromatic carbocycles. The van der Waals surface area contributed by atoms with Crippen LogP contribution in [-0.2, 0) is 16.7 Å². The third-order valence-electron chi connectivity index (χ3n) is 8.96. The Morgan fingerprint density at radius 1 is 1.06 bits per heavy atom. The fourth-order valence-electron chi connectivity index (χ4n) is 7.75. The lowest BCUT2D eigenvalue weighted by molar-refractivity contribution is -0.00519. The second-order valence-corrected chi connectivity index (χ2v) is 11.5. The Morgan fingerprint density at radius 3 is 2.35 bits per heavy atom. The van der Waals surface area contributed by atoms with Crippen LogP contribution in [0, 0.1) is 17.8 Å². The smallest absolute Gasteiger partial charge is 0.341 e. The van der Waals surface area contributed by atoms with Gasteiger partial charge in [0.05, 0.1) is 7.11 Å². The highest BCUT2D eigenvalue weighted by Gasteiger charge is 2.51. The van der Waals surface area contributed by atoms with Crippen LogP contribution < -0.4 is 4.90 Å². The first kappa shape index (κ1) is 22.4. The van der Waals surface area contributed by atoms with E-state index in [1.165, 1.54) is 56.8 Å². The molecule has 2 heterocycles. The highest BCUT2D eigenvalue weighted by atomic mass is 35.5. The molecular formula is C28H34ClN3O2. The molecule has 0 radical (unpaired) electrons. The third kappa shape index (κ3) is 4.01. The maximum Gasteiger partial charge on any atom is 0.341 e. The number of halogens is 1. The van der Waals surface area contributed by atoms with Gasteiger partial charge in [0.2, 0.25) is 0 Å². The molecule has 6 heteroatoms. The summed E-state index contributed by atoms with van der Waals surface area (Å²) in [7, 11) is 1.41. The van der Waals surface area contributed by atoms with Gasteiger partial charge in [0, 0.05) is 43.9 Å². The molecule has 1 saturated heterocycles. The molecule has 0 amide bonds. The van der Waals surface area contributed by atoms with E-state index in [1.807, 2.05) is 0 Å². The fraction of sp³-hybridized carbons (Fsp3) is 0.571. The van der Waals surface area contributed by atoms with Crippen molar-refractivity contribution in [1.29, 1.82) is 0 Å². The van der Waals surface area contributed by atoms with E-state index < -0.39 is 0 Å². The highest BCUT2D eigenvalue weighted by Crippen LogP contribution is 2.60. The van der Waals surface area contributed by atoms with Crippen molar-refractivity contribution in [1.82, 2.24) is 9.88 Å². The van der Waals surface area contributed by atoms with E-state index in [1.54, 1.807) is 18.3 Å². The number of pyridine rings is 1. The first-order chi connectivity index (χ1) is 16.5. The normalized spacial score (nSPS) is 30.5. The first-order valence-corrected chi connectivity index (χ1v) is 13.2. The summed E-state index contributed by atoms with van der Waals surface area (Å²) >= 11 is 6.89. The minimum Gasteiger partial charge on any atom is -0.465 e. The molecule has 5 fully saturated rings. The van der Waals surface area contributed by atoms with Gasteiger partial charge in [0.1, 0.15) is 11.4 Å². The van der Waals surface area contributed by atoms with Gasteiger partial charge in [-0.2, -0.15) is 0 Å². The summed E-state index contributed by atoms with van der Waals surface area (Å²) in [5.41, 5.74) is 3.64. The van der Waals surface area contributed by atoms with Gasteiger partial charge < -0.3 is 9.64 Å². The van der Waals surface area contributed by atoms with Crippen LogP contribution in [0.1, 0.15) is 60.0 Å². The van der Waals surface area contributed by atoms with E-state index in [9.17, 15) is 4.79 Å². The number of esters is 1. The number of aromatic nitrogens is 1. The Morgan fingerprint density at radius 2 is 1.74 bits per heavy atom. The predicted molar refractivity (Wildman–Crippen MR) is 134 cm³/mol. The molecule has 0 N–H and O–H groups in total. The number of nitrogens with zero attached hydrogens (tertiary/aromatic N) is 3. The van der Waals surface area contributed by atoms with E-state index in [0.717, 1.165) is 55.5 Å².